The summed E-state index contributed by atoms with van der Waals surface area (Å²) in [6.07, 6.45) is 2.64. The molecule has 1 heterocycles. The molecule has 0 saturated heterocycles. The first-order chi connectivity index (χ1) is 7.17. The van der Waals surface area contributed by atoms with Crippen molar-refractivity contribution in [3.63, 3.8) is 0 Å². The van der Waals surface area contributed by atoms with E-state index in [0.29, 0.717) is 5.76 Å². The van der Waals surface area contributed by atoms with E-state index < -0.39 is 5.97 Å². The van der Waals surface area contributed by atoms with E-state index in [9.17, 15) is 9.59 Å². The fourth-order valence-electron chi connectivity index (χ4n) is 0.906. The van der Waals surface area contributed by atoms with E-state index in [1.807, 2.05) is 0 Å². The molecule has 0 bridgehead atoms. The van der Waals surface area contributed by atoms with Gasteiger partial charge in [-0.25, -0.2) is 4.79 Å². The molecule has 0 spiro atoms. The number of rotatable bonds is 3. The lowest BCUT2D eigenvalue weighted by atomic mass is 10.4. The number of furan rings is 1. The van der Waals surface area contributed by atoms with Crippen LogP contribution in [0.15, 0.2) is 22.6 Å². The summed E-state index contributed by atoms with van der Waals surface area (Å²) in [5, 5.41) is 2.42. The van der Waals surface area contributed by atoms with Crippen LogP contribution in [0.2, 0.25) is 0 Å². The van der Waals surface area contributed by atoms with Crippen LogP contribution in [0.25, 0.3) is 6.08 Å². The van der Waals surface area contributed by atoms with Gasteiger partial charge < -0.3 is 14.5 Å². The molecule has 1 amide bonds. The molecular formula is C10H11NO4. The summed E-state index contributed by atoms with van der Waals surface area (Å²) in [5.41, 5.74) is 0. The molecule has 1 N–H and O–H groups in total. The molecule has 80 valence electrons. The molecule has 0 aliphatic carbocycles. The molecular weight excluding hydrogens is 198 g/mol. The fourth-order valence-corrected chi connectivity index (χ4v) is 0.906. The number of methoxy groups -OCH3 is 1. The van der Waals surface area contributed by atoms with Gasteiger partial charge in [-0.05, 0) is 18.2 Å². The van der Waals surface area contributed by atoms with Crippen LogP contribution < -0.4 is 5.32 Å². The summed E-state index contributed by atoms with van der Waals surface area (Å²) < 4.78 is 9.53. The molecule has 0 aliphatic heterocycles. The predicted octanol–water partition coefficient (Wildman–Crippen LogP) is 0.825. The average Bonchev–Trinajstić information content (AvgIpc) is 2.73. The summed E-state index contributed by atoms with van der Waals surface area (Å²) in [4.78, 5) is 21.9. The molecule has 5 nitrogen and oxygen atoms in total. The normalized spacial score (nSPS) is 10.3. The largest absolute Gasteiger partial charge is 0.466 e. The van der Waals surface area contributed by atoms with E-state index >= 15 is 0 Å². The van der Waals surface area contributed by atoms with Crippen LogP contribution in [0.4, 0.5) is 0 Å². The van der Waals surface area contributed by atoms with Crippen LogP contribution in [0.1, 0.15) is 16.3 Å². The van der Waals surface area contributed by atoms with Gasteiger partial charge in [-0.2, -0.15) is 0 Å². The summed E-state index contributed by atoms with van der Waals surface area (Å²) in [6, 6.07) is 3.11. The molecule has 0 radical (unpaired) electrons. The Morgan fingerprint density at radius 3 is 2.80 bits per heavy atom. The zero-order chi connectivity index (χ0) is 11.3. The summed E-state index contributed by atoms with van der Waals surface area (Å²) >= 11 is 0. The lowest BCUT2D eigenvalue weighted by Crippen LogP contribution is -2.16. The van der Waals surface area contributed by atoms with E-state index in [0.717, 1.165) is 0 Å². The topological polar surface area (TPSA) is 68.5 Å². The summed E-state index contributed by atoms with van der Waals surface area (Å²) in [6.45, 7) is 0. The van der Waals surface area contributed by atoms with Gasteiger partial charge in [0.1, 0.15) is 5.76 Å². The van der Waals surface area contributed by atoms with Crippen LogP contribution in [0.3, 0.4) is 0 Å². The third kappa shape index (κ3) is 2.98. The van der Waals surface area contributed by atoms with Crippen LogP contribution in [0, 0.1) is 0 Å². The maximum Gasteiger partial charge on any atom is 0.330 e. The average molecular weight is 209 g/mol. The van der Waals surface area contributed by atoms with Crippen LogP contribution in [0.5, 0.6) is 0 Å². The lowest BCUT2D eigenvalue weighted by molar-refractivity contribution is -0.134. The monoisotopic (exact) mass is 209 g/mol. The second-order valence-electron chi connectivity index (χ2n) is 2.64. The van der Waals surface area contributed by atoms with Crippen molar-refractivity contribution in [3.8, 4) is 0 Å². The Morgan fingerprint density at radius 2 is 2.20 bits per heavy atom. The van der Waals surface area contributed by atoms with Crippen molar-refractivity contribution < 1.29 is 18.7 Å². The number of esters is 1. The van der Waals surface area contributed by atoms with Gasteiger partial charge in [-0.3, -0.25) is 4.79 Å². The zero-order valence-corrected chi connectivity index (χ0v) is 8.44. The SMILES string of the molecule is CNC(=O)c1ccc(C=CC(=O)OC)o1. The third-order valence-corrected chi connectivity index (χ3v) is 1.66. The van der Waals surface area contributed by atoms with Crippen molar-refractivity contribution >= 4 is 18.0 Å². The summed E-state index contributed by atoms with van der Waals surface area (Å²) in [7, 11) is 2.79. The molecule has 1 rings (SSSR count). The van der Waals surface area contributed by atoms with E-state index in [1.165, 1.54) is 32.4 Å². The first kappa shape index (κ1) is 11.0. The van der Waals surface area contributed by atoms with Gasteiger partial charge >= 0.3 is 5.97 Å². The van der Waals surface area contributed by atoms with E-state index in [1.54, 1.807) is 6.07 Å². The molecule has 0 aromatic carbocycles. The molecule has 5 heteroatoms. The number of amides is 1. The lowest BCUT2D eigenvalue weighted by Gasteiger charge is -1.92. The van der Waals surface area contributed by atoms with Crippen molar-refractivity contribution in [2.45, 2.75) is 0 Å². The molecule has 0 unspecified atom stereocenters. The fraction of sp³-hybridized carbons (Fsp3) is 0.200. The van der Waals surface area contributed by atoms with Crippen molar-refractivity contribution in [1.29, 1.82) is 0 Å². The second-order valence-corrected chi connectivity index (χ2v) is 2.64. The molecule has 1 aromatic heterocycles. The highest BCUT2D eigenvalue weighted by Gasteiger charge is 2.07. The Morgan fingerprint density at radius 1 is 1.47 bits per heavy atom. The Labute approximate surface area is 86.7 Å². The number of carbonyl (C=O) groups is 2. The second kappa shape index (κ2) is 4.99. The van der Waals surface area contributed by atoms with Gasteiger partial charge in [0.25, 0.3) is 5.91 Å². The standard InChI is InChI=1S/C10H11NO4/c1-11-10(13)8-5-3-7(15-8)4-6-9(12)14-2/h3-6H,1-2H3,(H,11,13). The Hall–Kier alpha value is -2.04. The number of carbonyl (C=O) groups excluding carboxylic acids is 2. The van der Waals surface area contributed by atoms with E-state index in [-0.39, 0.29) is 11.7 Å². The van der Waals surface area contributed by atoms with Crippen LogP contribution in [-0.4, -0.2) is 26.0 Å². The minimum absolute atomic E-state index is 0.196. The molecule has 1 aromatic rings. The number of hydrogen-bond acceptors (Lipinski definition) is 4. The minimum atomic E-state index is -0.479. The molecule has 0 fully saturated rings. The van der Waals surface area contributed by atoms with Gasteiger partial charge in [0.2, 0.25) is 0 Å². The van der Waals surface area contributed by atoms with Crippen LogP contribution >= 0.6 is 0 Å². The van der Waals surface area contributed by atoms with Gasteiger partial charge in [-0.1, -0.05) is 0 Å². The Bertz CT molecular complexity index is 392. The molecule has 0 aliphatic rings. The number of hydrogen-bond donors (Lipinski definition) is 1. The highest BCUT2D eigenvalue weighted by Crippen LogP contribution is 2.09. The first-order valence-electron chi connectivity index (χ1n) is 4.25. The minimum Gasteiger partial charge on any atom is -0.466 e. The van der Waals surface area contributed by atoms with Crippen molar-refractivity contribution in [1.82, 2.24) is 5.32 Å². The maximum absolute atomic E-state index is 11.1. The van der Waals surface area contributed by atoms with Crippen molar-refractivity contribution in [2.24, 2.45) is 0 Å². The molecule has 15 heavy (non-hydrogen) atoms. The highest BCUT2D eigenvalue weighted by molar-refractivity contribution is 5.91. The Balaban J connectivity index is 2.72. The van der Waals surface area contributed by atoms with E-state index in [2.05, 4.69) is 10.1 Å². The maximum atomic E-state index is 11.1. The smallest absolute Gasteiger partial charge is 0.330 e. The number of ether oxygens (including phenoxy) is 1. The van der Waals surface area contributed by atoms with Gasteiger partial charge in [0.05, 0.1) is 7.11 Å². The summed E-state index contributed by atoms with van der Waals surface area (Å²) in [5.74, 6) is -0.179. The van der Waals surface area contributed by atoms with Crippen molar-refractivity contribution in [2.75, 3.05) is 14.2 Å². The Kier molecular flexibility index (Phi) is 3.68. The van der Waals surface area contributed by atoms with Gasteiger partial charge in [0, 0.05) is 13.1 Å². The highest BCUT2D eigenvalue weighted by atomic mass is 16.5. The van der Waals surface area contributed by atoms with Gasteiger partial charge in [0.15, 0.2) is 5.76 Å². The first-order valence-corrected chi connectivity index (χ1v) is 4.25. The predicted molar refractivity (Wildman–Crippen MR) is 53.1 cm³/mol. The molecule has 0 atom stereocenters. The quantitative estimate of drug-likeness (QED) is 0.591. The number of nitrogens with one attached hydrogen (secondary N) is 1. The van der Waals surface area contributed by atoms with E-state index in [4.69, 9.17) is 4.42 Å². The van der Waals surface area contributed by atoms with Gasteiger partial charge in [-0.15, -0.1) is 0 Å². The van der Waals surface area contributed by atoms with Crippen LogP contribution in [-0.2, 0) is 9.53 Å². The third-order valence-electron chi connectivity index (χ3n) is 1.66. The zero-order valence-electron chi connectivity index (χ0n) is 8.44. The van der Waals surface area contributed by atoms with Crippen molar-refractivity contribution in [3.05, 3.63) is 29.7 Å². The molecule has 0 saturated carbocycles.